The van der Waals surface area contributed by atoms with Crippen LogP contribution < -0.4 is 0 Å². The number of para-hydroxylation sites is 2. The first-order valence-corrected chi connectivity index (χ1v) is 11.5. The van der Waals surface area contributed by atoms with Gasteiger partial charge in [0.1, 0.15) is 5.82 Å². The number of fused-ring (bicyclic) bond motifs is 5. The lowest BCUT2D eigenvalue weighted by atomic mass is 10.1. The minimum Gasteiger partial charge on any atom is -0.309 e. The first-order chi connectivity index (χ1) is 16.9. The van der Waals surface area contributed by atoms with E-state index in [1.807, 2.05) is 18.2 Å². The normalized spacial score (nSPS) is 11.5. The lowest BCUT2D eigenvalue weighted by Gasteiger charge is -2.10. The van der Waals surface area contributed by atoms with Crippen molar-refractivity contribution in [3.05, 3.63) is 128 Å². The van der Waals surface area contributed by atoms with E-state index in [9.17, 15) is 0 Å². The molecule has 0 bridgehead atoms. The summed E-state index contributed by atoms with van der Waals surface area (Å²) in [4.78, 5) is 5.00. The number of rotatable bonds is 3. The zero-order chi connectivity index (χ0) is 22.5. The van der Waals surface area contributed by atoms with Crippen LogP contribution in [0.25, 0.3) is 55.5 Å². The van der Waals surface area contributed by atoms with Gasteiger partial charge >= 0.3 is 0 Å². The van der Waals surface area contributed by atoms with Gasteiger partial charge in [-0.3, -0.25) is 0 Å². The topological polar surface area (TPSA) is 22.8 Å². The largest absolute Gasteiger partial charge is 0.309 e. The minimum absolute atomic E-state index is 0.915. The number of nitrogens with zero attached hydrogens (tertiary/aromatic N) is 3. The van der Waals surface area contributed by atoms with Gasteiger partial charge in [-0.25, -0.2) is 4.98 Å². The Bertz CT molecular complexity index is 1790. The summed E-state index contributed by atoms with van der Waals surface area (Å²) in [6.45, 7) is 0. The Kier molecular flexibility index (Phi) is 4.15. The van der Waals surface area contributed by atoms with Crippen LogP contribution in [0.15, 0.2) is 128 Å². The Hall–Kier alpha value is -4.63. The summed E-state index contributed by atoms with van der Waals surface area (Å²) < 4.78 is 4.57. The molecule has 3 heterocycles. The lowest BCUT2D eigenvalue weighted by molar-refractivity contribution is 1.05. The van der Waals surface area contributed by atoms with Gasteiger partial charge in [-0.05, 0) is 42.5 Å². The summed E-state index contributed by atoms with van der Waals surface area (Å²) in [5, 5.41) is 3.74. The van der Waals surface area contributed by atoms with Crippen LogP contribution in [0, 0.1) is 0 Å². The SMILES string of the molecule is c1ccc(-c2cccc(-n3ccc4c3ccc3c5ccccc5n(-c5ccccc5)c34)n2)cc1. The molecule has 7 aromatic rings. The van der Waals surface area contributed by atoms with Crippen LogP contribution in [0.5, 0.6) is 0 Å². The van der Waals surface area contributed by atoms with E-state index < -0.39 is 0 Å². The zero-order valence-electron chi connectivity index (χ0n) is 18.5. The second-order valence-electron chi connectivity index (χ2n) is 8.52. The molecule has 0 spiro atoms. The van der Waals surface area contributed by atoms with Crippen LogP contribution in [0.2, 0.25) is 0 Å². The van der Waals surface area contributed by atoms with Crippen molar-refractivity contribution in [2.24, 2.45) is 0 Å². The summed E-state index contributed by atoms with van der Waals surface area (Å²) in [7, 11) is 0. The van der Waals surface area contributed by atoms with Crippen molar-refractivity contribution in [2.45, 2.75) is 0 Å². The Morgan fingerprint density at radius 2 is 1.26 bits per heavy atom. The fourth-order valence-corrected chi connectivity index (χ4v) is 5.05. The number of aromatic nitrogens is 3. The van der Waals surface area contributed by atoms with Crippen LogP contribution in [0.3, 0.4) is 0 Å². The highest BCUT2D eigenvalue weighted by molar-refractivity contribution is 6.18. The molecule has 0 atom stereocenters. The molecule has 0 fully saturated rings. The van der Waals surface area contributed by atoms with Gasteiger partial charge in [-0.15, -0.1) is 0 Å². The molecule has 0 saturated carbocycles. The molecule has 0 radical (unpaired) electrons. The third kappa shape index (κ3) is 2.81. The molecule has 3 heteroatoms. The molecule has 34 heavy (non-hydrogen) atoms. The second-order valence-corrected chi connectivity index (χ2v) is 8.52. The van der Waals surface area contributed by atoms with E-state index in [1.54, 1.807) is 0 Å². The van der Waals surface area contributed by atoms with Crippen LogP contribution in [0.4, 0.5) is 0 Å². The fourth-order valence-electron chi connectivity index (χ4n) is 5.05. The summed E-state index contributed by atoms with van der Waals surface area (Å²) in [5.41, 5.74) is 6.84. The highest BCUT2D eigenvalue weighted by Gasteiger charge is 2.17. The monoisotopic (exact) mass is 435 g/mol. The molecule has 3 nitrogen and oxygen atoms in total. The molecular formula is C31H21N3. The summed E-state index contributed by atoms with van der Waals surface area (Å²) in [5.74, 6) is 0.915. The molecule has 7 rings (SSSR count). The quantitative estimate of drug-likeness (QED) is 0.278. The van der Waals surface area contributed by atoms with E-state index in [2.05, 4.69) is 118 Å². The Labute approximate surface area is 197 Å². The second kappa shape index (κ2) is 7.46. The van der Waals surface area contributed by atoms with Crippen molar-refractivity contribution < 1.29 is 0 Å². The van der Waals surface area contributed by atoms with E-state index in [0.717, 1.165) is 28.3 Å². The van der Waals surface area contributed by atoms with E-state index in [4.69, 9.17) is 4.98 Å². The Morgan fingerprint density at radius 3 is 2.12 bits per heavy atom. The van der Waals surface area contributed by atoms with Crippen LogP contribution >= 0.6 is 0 Å². The third-order valence-electron chi connectivity index (χ3n) is 6.57. The van der Waals surface area contributed by atoms with E-state index >= 15 is 0 Å². The molecule has 0 saturated heterocycles. The van der Waals surface area contributed by atoms with Crippen molar-refractivity contribution in [2.75, 3.05) is 0 Å². The van der Waals surface area contributed by atoms with Gasteiger partial charge in [-0.2, -0.15) is 0 Å². The molecule has 160 valence electrons. The predicted octanol–water partition coefficient (Wildman–Crippen LogP) is 7.79. The molecule has 0 aliphatic heterocycles. The summed E-state index contributed by atoms with van der Waals surface area (Å²) in [6, 6.07) is 42.5. The van der Waals surface area contributed by atoms with Crippen molar-refractivity contribution in [1.29, 1.82) is 0 Å². The molecule has 4 aromatic carbocycles. The number of pyridine rings is 1. The predicted molar refractivity (Wildman–Crippen MR) is 141 cm³/mol. The van der Waals surface area contributed by atoms with Crippen molar-refractivity contribution in [3.63, 3.8) is 0 Å². The first kappa shape index (κ1) is 18.9. The molecule has 0 aliphatic carbocycles. The standard InChI is InChI=1S/C31H21N3/c1-3-10-22(11-4-1)27-15-9-17-30(32-27)33-21-20-26-28(33)19-18-25-24-14-7-8-16-29(24)34(31(25)26)23-12-5-2-6-13-23/h1-21H. The van der Waals surface area contributed by atoms with Gasteiger partial charge in [0.15, 0.2) is 0 Å². The van der Waals surface area contributed by atoms with Gasteiger partial charge in [0.05, 0.1) is 22.2 Å². The maximum absolute atomic E-state index is 5.00. The van der Waals surface area contributed by atoms with Gasteiger partial charge in [0.2, 0.25) is 0 Å². The maximum Gasteiger partial charge on any atom is 0.137 e. The molecule has 3 aromatic heterocycles. The van der Waals surface area contributed by atoms with E-state index in [-0.39, 0.29) is 0 Å². The number of hydrogen-bond acceptors (Lipinski definition) is 1. The van der Waals surface area contributed by atoms with Crippen molar-refractivity contribution in [1.82, 2.24) is 14.1 Å². The van der Waals surface area contributed by atoms with Gasteiger partial charge in [-0.1, -0.05) is 78.9 Å². The van der Waals surface area contributed by atoms with Gasteiger partial charge in [0, 0.05) is 33.6 Å². The maximum atomic E-state index is 5.00. The zero-order valence-corrected chi connectivity index (χ0v) is 18.5. The highest BCUT2D eigenvalue weighted by atomic mass is 15.1. The van der Waals surface area contributed by atoms with Crippen LogP contribution in [-0.2, 0) is 0 Å². The molecular weight excluding hydrogens is 414 g/mol. The minimum atomic E-state index is 0.915. The van der Waals surface area contributed by atoms with Crippen LogP contribution in [0.1, 0.15) is 0 Å². The fraction of sp³-hybridized carbons (Fsp3) is 0. The first-order valence-electron chi connectivity index (χ1n) is 11.5. The van der Waals surface area contributed by atoms with Gasteiger partial charge in [0.25, 0.3) is 0 Å². The van der Waals surface area contributed by atoms with Crippen LogP contribution in [-0.4, -0.2) is 14.1 Å². The Morgan fingerprint density at radius 1 is 0.500 bits per heavy atom. The third-order valence-corrected chi connectivity index (χ3v) is 6.57. The Balaban J connectivity index is 1.51. The summed E-state index contributed by atoms with van der Waals surface area (Å²) in [6.07, 6.45) is 2.13. The molecule has 0 N–H and O–H groups in total. The smallest absolute Gasteiger partial charge is 0.137 e. The van der Waals surface area contributed by atoms with Gasteiger partial charge < -0.3 is 9.13 Å². The molecule has 0 amide bonds. The highest BCUT2D eigenvalue weighted by Crippen LogP contribution is 2.37. The molecule has 0 unspecified atom stereocenters. The van der Waals surface area contributed by atoms with Crippen molar-refractivity contribution in [3.8, 4) is 22.8 Å². The average molecular weight is 436 g/mol. The van der Waals surface area contributed by atoms with E-state index in [0.29, 0.717) is 0 Å². The summed E-state index contributed by atoms with van der Waals surface area (Å²) >= 11 is 0. The average Bonchev–Trinajstić information content (AvgIpc) is 3.49. The molecule has 0 aliphatic rings. The lowest BCUT2D eigenvalue weighted by Crippen LogP contribution is -1.97. The number of benzene rings is 4. The number of hydrogen-bond donors (Lipinski definition) is 0. The van der Waals surface area contributed by atoms with Crippen molar-refractivity contribution >= 4 is 32.7 Å². The van der Waals surface area contributed by atoms with E-state index in [1.165, 1.54) is 27.2 Å².